The summed E-state index contributed by atoms with van der Waals surface area (Å²) in [6, 6.07) is 8.93. The van der Waals surface area contributed by atoms with Crippen LogP contribution in [0.15, 0.2) is 48.1 Å². The highest BCUT2D eigenvalue weighted by Gasteiger charge is 2.17. The van der Waals surface area contributed by atoms with E-state index in [1.165, 1.54) is 18.4 Å². The van der Waals surface area contributed by atoms with Gasteiger partial charge in [0.2, 0.25) is 0 Å². The summed E-state index contributed by atoms with van der Waals surface area (Å²) in [6.45, 7) is 0. The second kappa shape index (κ2) is 7.02. The van der Waals surface area contributed by atoms with E-state index in [4.69, 9.17) is 16.3 Å². The summed E-state index contributed by atoms with van der Waals surface area (Å²) in [5, 5.41) is 6.80. The number of rotatable bonds is 4. The number of carbonyl (C=O) groups excluding carboxylic acids is 1. The van der Waals surface area contributed by atoms with Crippen molar-refractivity contribution in [3.05, 3.63) is 58.8 Å². The Morgan fingerprint density at radius 3 is 3.00 bits per heavy atom. The lowest BCUT2D eigenvalue weighted by Gasteiger charge is -2.09. The van der Waals surface area contributed by atoms with Crippen molar-refractivity contribution in [2.75, 3.05) is 12.4 Å². The number of methoxy groups -OCH3 is 1. The molecule has 4 rings (SSSR count). The predicted molar refractivity (Wildman–Crippen MR) is 108 cm³/mol. The standard InChI is InChI=1S/C19H15ClN4O2S/c1-24-9-13(12-4-3-7-21-17(12)24)19-23-15(10-27-19)18(25)22-14-8-11(20)5-6-16(14)26-2/h3-10H,1-2H3,(H,22,25). The number of anilines is 1. The molecule has 0 radical (unpaired) electrons. The number of aromatic nitrogens is 3. The SMILES string of the molecule is COc1ccc(Cl)cc1NC(=O)c1csc(-c2cn(C)c3ncccc23)n1. The van der Waals surface area contributed by atoms with Gasteiger partial charge in [-0.1, -0.05) is 11.6 Å². The Morgan fingerprint density at radius 1 is 1.33 bits per heavy atom. The van der Waals surface area contributed by atoms with Crippen molar-refractivity contribution in [1.82, 2.24) is 14.5 Å². The average Bonchev–Trinajstić information content (AvgIpc) is 3.27. The van der Waals surface area contributed by atoms with Crippen molar-refractivity contribution < 1.29 is 9.53 Å². The van der Waals surface area contributed by atoms with Crippen LogP contribution in [0.3, 0.4) is 0 Å². The van der Waals surface area contributed by atoms with Crippen molar-refractivity contribution in [3.63, 3.8) is 0 Å². The zero-order valence-electron chi connectivity index (χ0n) is 14.6. The molecule has 0 fully saturated rings. The lowest BCUT2D eigenvalue weighted by Crippen LogP contribution is -2.13. The average molecular weight is 399 g/mol. The topological polar surface area (TPSA) is 69.0 Å². The molecule has 0 aliphatic carbocycles. The van der Waals surface area contributed by atoms with Crippen LogP contribution >= 0.6 is 22.9 Å². The molecule has 0 spiro atoms. The normalized spacial score (nSPS) is 10.9. The van der Waals surface area contributed by atoms with Crippen LogP contribution < -0.4 is 10.1 Å². The third-order valence-corrected chi connectivity index (χ3v) is 5.22. The van der Waals surface area contributed by atoms with Gasteiger partial charge in [0.1, 0.15) is 22.1 Å². The molecule has 6 nitrogen and oxygen atoms in total. The molecule has 0 atom stereocenters. The largest absolute Gasteiger partial charge is 0.495 e. The molecule has 0 saturated heterocycles. The van der Waals surface area contributed by atoms with Crippen LogP contribution in [0.4, 0.5) is 5.69 Å². The van der Waals surface area contributed by atoms with Crippen molar-refractivity contribution in [1.29, 1.82) is 0 Å². The number of nitrogens with one attached hydrogen (secondary N) is 1. The van der Waals surface area contributed by atoms with Gasteiger partial charge in [-0.2, -0.15) is 0 Å². The Bertz CT molecular complexity index is 1150. The molecule has 4 aromatic rings. The fourth-order valence-corrected chi connectivity index (χ4v) is 3.84. The number of thiazole rings is 1. The highest BCUT2D eigenvalue weighted by molar-refractivity contribution is 7.13. The summed E-state index contributed by atoms with van der Waals surface area (Å²) in [6.07, 6.45) is 3.73. The summed E-state index contributed by atoms with van der Waals surface area (Å²) >= 11 is 7.43. The van der Waals surface area contributed by atoms with Gasteiger partial charge in [0, 0.05) is 40.8 Å². The summed E-state index contributed by atoms with van der Waals surface area (Å²) in [4.78, 5) is 21.5. The van der Waals surface area contributed by atoms with E-state index in [1.807, 2.05) is 29.9 Å². The van der Waals surface area contributed by atoms with E-state index < -0.39 is 0 Å². The number of benzene rings is 1. The summed E-state index contributed by atoms with van der Waals surface area (Å²) < 4.78 is 7.21. The minimum absolute atomic E-state index is 0.323. The summed E-state index contributed by atoms with van der Waals surface area (Å²) in [5.41, 5.74) is 2.65. The minimum Gasteiger partial charge on any atom is -0.495 e. The number of nitrogens with zero attached hydrogens (tertiary/aromatic N) is 3. The van der Waals surface area contributed by atoms with Gasteiger partial charge in [-0.05, 0) is 30.3 Å². The first-order valence-electron chi connectivity index (χ1n) is 8.07. The van der Waals surface area contributed by atoms with Crippen molar-refractivity contribution >= 4 is 45.6 Å². The zero-order chi connectivity index (χ0) is 19.0. The fraction of sp³-hybridized carbons (Fsp3) is 0.105. The number of ether oxygens (including phenoxy) is 1. The lowest BCUT2D eigenvalue weighted by atomic mass is 10.2. The van der Waals surface area contributed by atoms with Gasteiger partial charge in [-0.3, -0.25) is 4.79 Å². The van der Waals surface area contributed by atoms with Gasteiger partial charge in [0.15, 0.2) is 0 Å². The molecule has 0 aliphatic rings. The molecule has 0 bridgehead atoms. The lowest BCUT2D eigenvalue weighted by molar-refractivity contribution is 0.102. The molecule has 1 amide bonds. The van der Waals surface area contributed by atoms with Crippen LogP contribution in [0.25, 0.3) is 21.6 Å². The molecule has 0 saturated carbocycles. The number of fused-ring (bicyclic) bond motifs is 1. The monoisotopic (exact) mass is 398 g/mol. The molecule has 8 heteroatoms. The maximum atomic E-state index is 12.6. The van der Waals surface area contributed by atoms with Crippen LogP contribution in [0.1, 0.15) is 10.5 Å². The van der Waals surface area contributed by atoms with Crippen LogP contribution in [0.2, 0.25) is 5.02 Å². The van der Waals surface area contributed by atoms with Gasteiger partial charge in [0.05, 0.1) is 12.8 Å². The zero-order valence-corrected chi connectivity index (χ0v) is 16.1. The van der Waals surface area contributed by atoms with E-state index in [-0.39, 0.29) is 5.91 Å². The Morgan fingerprint density at radius 2 is 2.19 bits per heavy atom. The van der Waals surface area contributed by atoms with E-state index in [1.54, 1.807) is 29.8 Å². The van der Waals surface area contributed by atoms with E-state index in [0.29, 0.717) is 22.2 Å². The molecule has 136 valence electrons. The Balaban J connectivity index is 1.64. The van der Waals surface area contributed by atoms with Gasteiger partial charge >= 0.3 is 0 Å². The molecular formula is C19H15ClN4O2S. The van der Waals surface area contributed by atoms with Crippen molar-refractivity contribution in [3.8, 4) is 16.3 Å². The number of halogens is 1. The van der Waals surface area contributed by atoms with Gasteiger partial charge in [-0.25, -0.2) is 9.97 Å². The molecule has 27 heavy (non-hydrogen) atoms. The van der Waals surface area contributed by atoms with E-state index in [0.717, 1.165) is 21.6 Å². The molecule has 3 aromatic heterocycles. The third-order valence-electron chi connectivity index (χ3n) is 4.11. The smallest absolute Gasteiger partial charge is 0.275 e. The number of amides is 1. The summed E-state index contributed by atoms with van der Waals surface area (Å²) in [5.74, 6) is 0.208. The molecule has 1 N–H and O–H groups in total. The predicted octanol–water partition coefficient (Wildman–Crippen LogP) is 4.61. The second-order valence-electron chi connectivity index (χ2n) is 5.86. The minimum atomic E-state index is -0.323. The fourth-order valence-electron chi connectivity index (χ4n) is 2.85. The van der Waals surface area contributed by atoms with Crippen molar-refractivity contribution in [2.24, 2.45) is 7.05 Å². The first-order chi connectivity index (χ1) is 13.1. The molecule has 0 aliphatic heterocycles. The highest BCUT2D eigenvalue weighted by Crippen LogP contribution is 2.32. The number of aryl methyl sites for hydroxylation is 1. The van der Waals surface area contributed by atoms with Crippen LogP contribution in [0.5, 0.6) is 5.75 Å². The molecule has 3 heterocycles. The molecular weight excluding hydrogens is 384 g/mol. The maximum absolute atomic E-state index is 12.6. The quantitative estimate of drug-likeness (QED) is 0.545. The molecule has 1 aromatic carbocycles. The Labute approximate surface area is 164 Å². The number of hydrogen-bond donors (Lipinski definition) is 1. The van der Waals surface area contributed by atoms with E-state index in [9.17, 15) is 4.79 Å². The summed E-state index contributed by atoms with van der Waals surface area (Å²) in [7, 11) is 3.47. The second-order valence-corrected chi connectivity index (χ2v) is 7.16. The van der Waals surface area contributed by atoms with Gasteiger partial charge in [-0.15, -0.1) is 11.3 Å². The first kappa shape index (κ1) is 17.5. The number of carbonyl (C=O) groups is 1. The van der Waals surface area contributed by atoms with E-state index >= 15 is 0 Å². The third kappa shape index (κ3) is 3.27. The van der Waals surface area contributed by atoms with Crippen LogP contribution in [-0.4, -0.2) is 27.6 Å². The molecule has 0 unspecified atom stereocenters. The number of hydrogen-bond acceptors (Lipinski definition) is 5. The van der Waals surface area contributed by atoms with Gasteiger partial charge < -0.3 is 14.6 Å². The Kier molecular flexibility index (Phi) is 4.55. The van der Waals surface area contributed by atoms with Gasteiger partial charge in [0.25, 0.3) is 5.91 Å². The van der Waals surface area contributed by atoms with Crippen molar-refractivity contribution in [2.45, 2.75) is 0 Å². The maximum Gasteiger partial charge on any atom is 0.275 e. The van der Waals surface area contributed by atoms with Crippen LogP contribution in [-0.2, 0) is 7.05 Å². The number of pyridine rings is 1. The Hall–Kier alpha value is -2.90. The first-order valence-corrected chi connectivity index (χ1v) is 9.33. The highest BCUT2D eigenvalue weighted by atomic mass is 35.5. The van der Waals surface area contributed by atoms with Crippen LogP contribution in [0, 0.1) is 0 Å². The van der Waals surface area contributed by atoms with E-state index in [2.05, 4.69) is 15.3 Å².